The first-order valence-electron chi connectivity index (χ1n) is 9.66. The van der Waals surface area contributed by atoms with Crippen LogP contribution in [0, 0.1) is 5.41 Å². The van der Waals surface area contributed by atoms with E-state index in [0.29, 0.717) is 6.54 Å². The van der Waals surface area contributed by atoms with Crippen molar-refractivity contribution < 1.29 is 4.79 Å². The average Bonchev–Trinajstić information content (AvgIpc) is 3.04. The van der Waals surface area contributed by atoms with Crippen LogP contribution < -0.4 is 5.73 Å². The van der Waals surface area contributed by atoms with Gasteiger partial charge in [-0.2, -0.15) is 0 Å². The highest BCUT2D eigenvalue weighted by Crippen LogP contribution is 2.25. The van der Waals surface area contributed by atoms with Gasteiger partial charge in [0.05, 0.1) is 23.9 Å². The molecule has 0 saturated heterocycles. The van der Waals surface area contributed by atoms with Gasteiger partial charge in [-0.05, 0) is 54.6 Å². The summed E-state index contributed by atoms with van der Waals surface area (Å²) >= 11 is 0. The summed E-state index contributed by atoms with van der Waals surface area (Å²) in [5.74, 6) is 0.205. The highest BCUT2D eigenvalue weighted by atomic mass is 16.1. The Labute approximate surface area is 161 Å². The zero-order valence-electron chi connectivity index (χ0n) is 16.5. The molecule has 4 heteroatoms. The predicted octanol–water partition coefficient (Wildman–Crippen LogP) is 4.60. The number of Topliss-reactive ketones (excluding diaryl/α,β-unsaturated/α-hetero) is 1. The van der Waals surface area contributed by atoms with E-state index >= 15 is 0 Å². The summed E-state index contributed by atoms with van der Waals surface area (Å²) in [5.41, 5.74) is 10.8. The number of carbonyl (C=O) groups excluding carboxylic acids is 1. The molecule has 142 valence electrons. The molecule has 3 aromatic rings. The molecule has 0 amide bonds. The summed E-state index contributed by atoms with van der Waals surface area (Å²) in [6.45, 7) is 6.97. The highest BCUT2D eigenvalue weighted by Gasteiger charge is 2.21. The maximum atomic E-state index is 12.3. The van der Waals surface area contributed by atoms with E-state index < -0.39 is 0 Å². The number of hydrogen-bond acceptors (Lipinski definition) is 3. The number of ketones is 1. The second-order valence-corrected chi connectivity index (χ2v) is 8.19. The van der Waals surface area contributed by atoms with Gasteiger partial charge in [0.2, 0.25) is 0 Å². The van der Waals surface area contributed by atoms with Crippen molar-refractivity contribution in [3.63, 3.8) is 0 Å². The van der Waals surface area contributed by atoms with E-state index in [9.17, 15) is 4.79 Å². The lowest BCUT2D eigenvalue weighted by atomic mass is 9.91. The van der Waals surface area contributed by atoms with Crippen molar-refractivity contribution in [2.45, 2.75) is 46.6 Å². The van der Waals surface area contributed by atoms with Crippen LogP contribution in [0.1, 0.15) is 39.2 Å². The van der Waals surface area contributed by atoms with Gasteiger partial charge in [0.15, 0.2) is 5.78 Å². The van der Waals surface area contributed by atoms with Crippen molar-refractivity contribution in [3.8, 4) is 11.1 Å². The van der Waals surface area contributed by atoms with Crippen LogP contribution in [-0.4, -0.2) is 21.9 Å². The lowest BCUT2D eigenvalue weighted by molar-refractivity contribution is -0.126. The van der Waals surface area contributed by atoms with E-state index in [2.05, 4.69) is 47.4 Å². The van der Waals surface area contributed by atoms with E-state index in [4.69, 9.17) is 5.73 Å². The van der Waals surface area contributed by atoms with Crippen LogP contribution in [-0.2, 0) is 17.8 Å². The molecular weight excluding hydrogens is 334 g/mol. The van der Waals surface area contributed by atoms with E-state index in [0.717, 1.165) is 42.4 Å². The molecule has 0 spiro atoms. The van der Waals surface area contributed by atoms with Gasteiger partial charge in [0, 0.05) is 5.41 Å². The first-order valence-corrected chi connectivity index (χ1v) is 9.66. The molecule has 1 heterocycles. The smallest absolute Gasteiger partial charge is 0.157 e. The summed E-state index contributed by atoms with van der Waals surface area (Å²) in [7, 11) is 0. The molecule has 0 saturated carbocycles. The molecule has 1 aromatic heterocycles. The van der Waals surface area contributed by atoms with E-state index in [1.807, 2.05) is 25.3 Å². The molecule has 0 aliphatic heterocycles. The van der Waals surface area contributed by atoms with E-state index in [1.165, 1.54) is 11.1 Å². The maximum Gasteiger partial charge on any atom is 0.157 e. The van der Waals surface area contributed by atoms with Crippen LogP contribution in [0.5, 0.6) is 0 Å². The monoisotopic (exact) mass is 363 g/mol. The minimum absolute atomic E-state index is 0.205. The first kappa shape index (κ1) is 19.3. The normalized spacial score (nSPS) is 11.9. The SMILES string of the molecule is CC(C)(C)C(=O)Cn1cnc2cc(-c3ccc(CCCCN)cc3)ccc21. The fourth-order valence-corrected chi connectivity index (χ4v) is 3.10. The van der Waals surface area contributed by atoms with Gasteiger partial charge in [-0.1, -0.05) is 51.1 Å². The fraction of sp³-hybridized carbons (Fsp3) is 0.391. The molecule has 2 N–H and O–H groups in total. The Kier molecular flexibility index (Phi) is 5.76. The van der Waals surface area contributed by atoms with Crippen LogP contribution in [0.2, 0.25) is 0 Å². The molecule has 0 unspecified atom stereocenters. The summed E-state index contributed by atoms with van der Waals surface area (Å²) in [6, 6.07) is 15.0. The second kappa shape index (κ2) is 8.05. The third-order valence-electron chi connectivity index (χ3n) is 4.98. The number of hydrogen-bond donors (Lipinski definition) is 1. The van der Waals surface area contributed by atoms with Crippen LogP contribution in [0.4, 0.5) is 0 Å². The average molecular weight is 364 g/mol. The van der Waals surface area contributed by atoms with Crippen LogP contribution in [0.15, 0.2) is 48.8 Å². The van der Waals surface area contributed by atoms with Crippen molar-refractivity contribution in [2.75, 3.05) is 6.54 Å². The van der Waals surface area contributed by atoms with Gasteiger partial charge < -0.3 is 10.3 Å². The Bertz CT molecular complexity index is 917. The Morgan fingerprint density at radius 2 is 1.74 bits per heavy atom. The van der Waals surface area contributed by atoms with Crippen LogP contribution >= 0.6 is 0 Å². The summed E-state index contributed by atoms with van der Waals surface area (Å²) in [4.78, 5) is 16.8. The zero-order chi connectivity index (χ0) is 19.4. The number of nitrogens with zero attached hydrogens (tertiary/aromatic N) is 2. The van der Waals surface area contributed by atoms with Gasteiger partial charge in [-0.25, -0.2) is 4.98 Å². The van der Waals surface area contributed by atoms with Crippen molar-refractivity contribution in [1.29, 1.82) is 0 Å². The quantitative estimate of drug-likeness (QED) is 0.624. The number of benzene rings is 2. The summed E-state index contributed by atoms with van der Waals surface area (Å²) in [5, 5.41) is 0. The van der Waals surface area contributed by atoms with Crippen molar-refractivity contribution in [1.82, 2.24) is 9.55 Å². The van der Waals surface area contributed by atoms with Gasteiger partial charge >= 0.3 is 0 Å². The fourth-order valence-electron chi connectivity index (χ4n) is 3.10. The molecular formula is C23H29N3O. The van der Waals surface area contributed by atoms with E-state index in [-0.39, 0.29) is 11.2 Å². The van der Waals surface area contributed by atoms with Crippen LogP contribution in [0.25, 0.3) is 22.2 Å². The highest BCUT2D eigenvalue weighted by molar-refractivity contribution is 5.87. The van der Waals surface area contributed by atoms with E-state index in [1.54, 1.807) is 6.33 Å². The van der Waals surface area contributed by atoms with Crippen molar-refractivity contribution >= 4 is 16.8 Å². The molecule has 0 aliphatic rings. The molecule has 2 aromatic carbocycles. The Balaban J connectivity index is 1.78. The van der Waals surface area contributed by atoms with Gasteiger partial charge in [0.1, 0.15) is 0 Å². The van der Waals surface area contributed by atoms with Crippen molar-refractivity contribution in [2.24, 2.45) is 11.1 Å². The topological polar surface area (TPSA) is 60.9 Å². The molecule has 0 aliphatic carbocycles. The third-order valence-corrected chi connectivity index (χ3v) is 4.98. The standard InChI is InChI=1S/C23H29N3O/c1-23(2,3)22(27)15-26-16-25-20-14-19(11-12-21(20)26)18-9-7-17(8-10-18)6-4-5-13-24/h7-12,14,16H,4-6,13,15,24H2,1-3H3. The van der Waals surface area contributed by atoms with Gasteiger partial charge in [0.25, 0.3) is 0 Å². The molecule has 0 radical (unpaired) electrons. The molecule has 0 fully saturated rings. The molecule has 0 bridgehead atoms. The van der Waals surface area contributed by atoms with Crippen LogP contribution in [0.3, 0.4) is 0 Å². The molecule has 0 atom stereocenters. The number of aromatic nitrogens is 2. The number of unbranched alkanes of at least 4 members (excludes halogenated alkanes) is 1. The lowest BCUT2D eigenvalue weighted by Gasteiger charge is -2.17. The molecule has 27 heavy (non-hydrogen) atoms. The molecule has 4 nitrogen and oxygen atoms in total. The number of nitrogens with two attached hydrogens (primary N) is 1. The molecule has 3 rings (SSSR count). The number of carbonyl (C=O) groups is 1. The number of rotatable bonds is 7. The Hall–Kier alpha value is -2.46. The van der Waals surface area contributed by atoms with Crippen molar-refractivity contribution in [3.05, 3.63) is 54.4 Å². The third kappa shape index (κ3) is 4.64. The Morgan fingerprint density at radius 1 is 1.04 bits per heavy atom. The zero-order valence-corrected chi connectivity index (χ0v) is 16.5. The largest absolute Gasteiger partial charge is 0.330 e. The van der Waals surface area contributed by atoms with Gasteiger partial charge in [-0.3, -0.25) is 4.79 Å². The number of aryl methyl sites for hydroxylation is 1. The predicted molar refractivity (Wildman–Crippen MR) is 112 cm³/mol. The number of imidazole rings is 1. The second-order valence-electron chi connectivity index (χ2n) is 8.19. The summed E-state index contributed by atoms with van der Waals surface area (Å²) in [6.07, 6.45) is 5.03. The Morgan fingerprint density at radius 3 is 2.41 bits per heavy atom. The minimum atomic E-state index is -0.345. The maximum absolute atomic E-state index is 12.3. The van der Waals surface area contributed by atoms with Gasteiger partial charge in [-0.15, -0.1) is 0 Å². The summed E-state index contributed by atoms with van der Waals surface area (Å²) < 4.78 is 1.94. The first-order chi connectivity index (χ1) is 12.9. The number of fused-ring (bicyclic) bond motifs is 1. The lowest BCUT2D eigenvalue weighted by Crippen LogP contribution is -2.24. The minimum Gasteiger partial charge on any atom is -0.330 e.